The molecule has 3 rings (SSSR count). The highest BCUT2D eigenvalue weighted by Crippen LogP contribution is 2.37. The molecule has 0 radical (unpaired) electrons. The zero-order chi connectivity index (χ0) is 18.4. The Kier molecular flexibility index (Phi) is 6.60. The van der Waals surface area contributed by atoms with Gasteiger partial charge in [-0.3, -0.25) is 0 Å². The molecule has 0 spiro atoms. The number of hydrogen-bond donors (Lipinski definition) is 2. The fourth-order valence-electron chi connectivity index (χ4n) is 4.37. The van der Waals surface area contributed by atoms with Gasteiger partial charge < -0.3 is 11.5 Å². The van der Waals surface area contributed by atoms with E-state index in [1.807, 2.05) is 18.2 Å². The summed E-state index contributed by atoms with van der Waals surface area (Å²) in [5.41, 5.74) is 17.5. The summed E-state index contributed by atoms with van der Waals surface area (Å²) in [4.78, 5) is 0. The average Bonchev–Trinajstić information content (AvgIpc) is 2.66. The Morgan fingerprint density at radius 2 is 1.62 bits per heavy atom. The average molecular weight is 351 g/mol. The third-order valence-electron chi connectivity index (χ3n) is 6.08. The molecule has 2 heteroatoms. The Labute approximate surface area is 159 Å². The number of benzene rings is 2. The van der Waals surface area contributed by atoms with Crippen molar-refractivity contribution in [2.75, 3.05) is 11.5 Å². The number of unbranched alkanes of at least 4 members (excludes halogenated alkanes) is 2. The van der Waals surface area contributed by atoms with Gasteiger partial charge in [0.05, 0.1) is 0 Å². The van der Waals surface area contributed by atoms with E-state index in [1.54, 1.807) is 0 Å². The lowest BCUT2D eigenvalue weighted by molar-refractivity contribution is 0.303. The minimum Gasteiger partial charge on any atom is -0.399 e. The normalized spacial score (nSPS) is 20.2. The predicted octanol–water partition coefficient (Wildman–Crippen LogP) is 6.30. The molecule has 0 saturated heterocycles. The second-order valence-corrected chi connectivity index (χ2v) is 8.09. The van der Waals surface area contributed by atoms with Crippen molar-refractivity contribution in [3.05, 3.63) is 59.2 Å². The van der Waals surface area contributed by atoms with Crippen molar-refractivity contribution in [2.45, 2.75) is 70.6 Å². The molecule has 1 aliphatic carbocycles. The fraction of sp³-hybridized carbons (Fsp3) is 0.500. The Morgan fingerprint density at radius 1 is 0.885 bits per heavy atom. The van der Waals surface area contributed by atoms with Gasteiger partial charge >= 0.3 is 0 Å². The van der Waals surface area contributed by atoms with Crippen LogP contribution in [0.4, 0.5) is 11.4 Å². The summed E-state index contributed by atoms with van der Waals surface area (Å²) in [6, 6.07) is 15.0. The summed E-state index contributed by atoms with van der Waals surface area (Å²) < 4.78 is 0. The molecule has 0 aliphatic heterocycles. The van der Waals surface area contributed by atoms with Gasteiger partial charge in [0, 0.05) is 11.4 Å². The third kappa shape index (κ3) is 5.03. The number of anilines is 2. The summed E-state index contributed by atoms with van der Waals surface area (Å²) in [5, 5.41) is 0. The molecule has 1 aliphatic rings. The number of nitrogens with two attached hydrogens (primary N) is 2. The molecule has 0 aromatic heterocycles. The van der Waals surface area contributed by atoms with Crippen LogP contribution in [0, 0.1) is 5.92 Å². The molecule has 2 nitrogen and oxygen atoms in total. The first-order valence-electron chi connectivity index (χ1n) is 10.4. The lowest BCUT2D eigenvalue weighted by atomic mass is 9.77. The molecule has 2 aromatic rings. The molecule has 0 unspecified atom stereocenters. The maximum absolute atomic E-state index is 6.09. The van der Waals surface area contributed by atoms with Gasteiger partial charge in [-0.05, 0) is 78.8 Å². The van der Waals surface area contributed by atoms with Crippen LogP contribution in [0.3, 0.4) is 0 Å². The monoisotopic (exact) mass is 350 g/mol. The summed E-state index contributed by atoms with van der Waals surface area (Å²) in [5.74, 6) is 1.73. The van der Waals surface area contributed by atoms with Gasteiger partial charge in [0.15, 0.2) is 0 Å². The first-order valence-corrected chi connectivity index (χ1v) is 10.4. The summed E-state index contributed by atoms with van der Waals surface area (Å²) in [6.07, 6.45) is 12.0. The van der Waals surface area contributed by atoms with E-state index in [2.05, 4.69) is 31.2 Å². The number of hydrogen-bond acceptors (Lipinski definition) is 2. The SMILES string of the molecule is CCCCCC1CCC(c2ccc(Cc3cc(N)ccc3N)cc2)CC1. The van der Waals surface area contributed by atoms with Crippen LogP contribution in [0.1, 0.15) is 80.9 Å². The van der Waals surface area contributed by atoms with Crippen LogP contribution in [0.15, 0.2) is 42.5 Å². The maximum atomic E-state index is 6.09. The quantitative estimate of drug-likeness (QED) is 0.455. The van der Waals surface area contributed by atoms with E-state index in [0.29, 0.717) is 0 Å². The van der Waals surface area contributed by atoms with E-state index in [4.69, 9.17) is 11.5 Å². The molecule has 26 heavy (non-hydrogen) atoms. The molecule has 0 heterocycles. The summed E-state index contributed by atoms with van der Waals surface area (Å²) in [7, 11) is 0. The molecular formula is C24H34N2. The van der Waals surface area contributed by atoms with Crippen molar-refractivity contribution >= 4 is 11.4 Å². The lowest BCUT2D eigenvalue weighted by Crippen LogP contribution is -2.13. The second-order valence-electron chi connectivity index (χ2n) is 8.09. The molecule has 140 valence electrons. The predicted molar refractivity (Wildman–Crippen MR) is 113 cm³/mol. The maximum Gasteiger partial charge on any atom is 0.0351 e. The Hall–Kier alpha value is -1.96. The van der Waals surface area contributed by atoms with E-state index >= 15 is 0 Å². The van der Waals surface area contributed by atoms with Crippen molar-refractivity contribution in [1.29, 1.82) is 0 Å². The first kappa shape index (κ1) is 18.8. The van der Waals surface area contributed by atoms with E-state index in [9.17, 15) is 0 Å². The van der Waals surface area contributed by atoms with Crippen LogP contribution >= 0.6 is 0 Å². The topological polar surface area (TPSA) is 52.0 Å². The molecule has 1 fully saturated rings. The number of nitrogen functional groups attached to an aromatic ring is 2. The van der Waals surface area contributed by atoms with Gasteiger partial charge in [0.2, 0.25) is 0 Å². The van der Waals surface area contributed by atoms with E-state index in [1.165, 1.54) is 62.5 Å². The van der Waals surface area contributed by atoms with Crippen LogP contribution in [0.25, 0.3) is 0 Å². The van der Waals surface area contributed by atoms with Crippen LogP contribution < -0.4 is 11.5 Å². The van der Waals surface area contributed by atoms with E-state index < -0.39 is 0 Å². The highest BCUT2D eigenvalue weighted by molar-refractivity contribution is 5.56. The molecular weight excluding hydrogens is 316 g/mol. The van der Waals surface area contributed by atoms with Crippen LogP contribution in [-0.2, 0) is 6.42 Å². The van der Waals surface area contributed by atoms with Gasteiger partial charge in [-0.1, -0.05) is 56.9 Å². The molecule has 0 bridgehead atoms. The second kappa shape index (κ2) is 9.12. The van der Waals surface area contributed by atoms with Gasteiger partial charge in [0.1, 0.15) is 0 Å². The zero-order valence-corrected chi connectivity index (χ0v) is 16.2. The summed E-state index contributed by atoms with van der Waals surface area (Å²) >= 11 is 0. The largest absolute Gasteiger partial charge is 0.399 e. The van der Waals surface area contributed by atoms with Crippen LogP contribution in [0.5, 0.6) is 0 Å². The standard InChI is InChI=1S/C24H34N2/c1-2-3-4-5-18-6-10-20(11-7-18)21-12-8-19(9-13-21)16-22-17-23(25)14-15-24(22)26/h8-9,12-15,17-18,20H,2-7,10-11,16,25-26H2,1H3. The van der Waals surface area contributed by atoms with E-state index in [-0.39, 0.29) is 0 Å². The smallest absolute Gasteiger partial charge is 0.0351 e. The minimum absolute atomic E-state index is 0.754. The summed E-state index contributed by atoms with van der Waals surface area (Å²) in [6.45, 7) is 2.29. The van der Waals surface area contributed by atoms with Crippen molar-refractivity contribution in [3.8, 4) is 0 Å². The zero-order valence-electron chi connectivity index (χ0n) is 16.2. The third-order valence-corrected chi connectivity index (χ3v) is 6.08. The number of rotatable bonds is 7. The van der Waals surface area contributed by atoms with Gasteiger partial charge in [-0.2, -0.15) is 0 Å². The minimum atomic E-state index is 0.754. The Morgan fingerprint density at radius 3 is 2.31 bits per heavy atom. The molecule has 4 N–H and O–H groups in total. The van der Waals surface area contributed by atoms with Gasteiger partial charge in [-0.25, -0.2) is 0 Å². The first-order chi connectivity index (χ1) is 12.7. The highest BCUT2D eigenvalue weighted by Gasteiger charge is 2.21. The lowest BCUT2D eigenvalue weighted by Gasteiger charge is -2.29. The Bertz CT molecular complexity index is 682. The van der Waals surface area contributed by atoms with Gasteiger partial charge in [-0.15, -0.1) is 0 Å². The van der Waals surface area contributed by atoms with E-state index in [0.717, 1.165) is 35.2 Å². The molecule has 0 atom stereocenters. The highest BCUT2D eigenvalue weighted by atomic mass is 14.6. The fourth-order valence-corrected chi connectivity index (χ4v) is 4.37. The van der Waals surface area contributed by atoms with Crippen molar-refractivity contribution in [3.63, 3.8) is 0 Å². The van der Waals surface area contributed by atoms with Crippen molar-refractivity contribution in [1.82, 2.24) is 0 Å². The van der Waals surface area contributed by atoms with Crippen molar-refractivity contribution < 1.29 is 0 Å². The van der Waals surface area contributed by atoms with Gasteiger partial charge in [0.25, 0.3) is 0 Å². The van der Waals surface area contributed by atoms with Crippen LogP contribution in [0.2, 0.25) is 0 Å². The van der Waals surface area contributed by atoms with Crippen LogP contribution in [-0.4, -0.2) is 0 Å². The van der Waals surface area contributed by atoms with Crippen molar-refractivity contribution in [2.24, 2.45) is 5.92 Å². The molecule has 2 aromatic carbocycles. The molecule has 1 saturated carbocycles. The molecule has 0 amide bonds. The Balaban J connectivity index is 1.54.